The van der Waals surface area contributed by atoms with Crippen molar-refractivity contribution in [1.29, 1.82) is 0 Å². The molecule has 0 fully saturated rings. The number of carboxylic acids is 1. The number of aliphatic carboxylic acids is 1. The molecule has 0 heterocycles. The van der Waals surface area contributed by atoms with E-state index in [9.17, 15) is 9.90 Å². The summed E-state index contributed by atoms with van der Waals surface area (Å²) in [6.07, 6.45) is 0. The molecule has 2 N–H and O–H groups in total. The van der Waals surface area contributed by atoms with Crippen molar-refractivity contribution in [3.63, 3.8) is 0 Å². The van der Waals surface area contributed by atoms with E-state index in [1.165, 1.54) is 0 Å². The molecule has 0 aliphatic rings. The molecule has 14 heavy (non-hydrogen) atoms. The maximum Gasteiger partial charge on any atom is 0.329 e. The smallest absolute Gasteiger partial charge is 0.329 e. The molecule has 0 saturated carbocycles. The first-order chi connectivity index (χ1) is 6.05. The molecule has 3 nitrogen and oxygen atoms in total. The van der Waals surface area contributed by atoms with Gasteiger partial charge in [-0.2, -0.15) is 0 Å². The van der Waals surface area contributed by atoms with Gasteiger partial charge < -0.3 is 10.2 Å². The van der Waals surface area contributed by atoms with Crippen LogP contribution >= 0.6 is 0 Å². The van der Waals surface area contributed by atoms with Crippen LogP contribution in [0.25, 0.3) is 0 Å². The number of aliphatic hydroxyl groups excluding tert-OH is 1. The van der Waals surface area contributed by atoms with Crippen molar-refractivity contribution < 1.29 is 15.0 Å². The average molecular weight is 218 g/mol. The molecule has 0 rings (SSSR count). The van der Waals surface area contributed by atoms with Crippen LogP contribution in [0.1, 0.15) is 27.7 Å². The molecule has 1 unspecified atom stereocenters. The van der Waals surface area contributed by atoms with Crippen LogP contribution in [-0.4, -0.2) is 30.0 Å². The van der Waals surface area contributed by atoms with E-state index in [0.717, 1.165) is 0 Å². The maximum absolute atomic E-state index is 10.8. The quantitative estimate of drug-likeness (QED) is 0.711. The zero-order valence-electron chi connectivity index (χ0n) is 9.96. The van der Waals surface area contributed by atoms with Gasteiger partial charge in [0.1, 0.15) is 13.8 Å². The molecule has 0 amide bonds. The molecule has 0 aliphatic heterocycles. The van der Waals surface area contributed by atoms with Crippen LogP contribution in [0.4, 0.5) is 0 Å². The number of aliphatic hydroxyl groups is 1. The summed E-state index contributed by atoms with van der Waals surface area (Å²) in [5.74, 6) is -0.714. The van der Waals surface area contributed by atoms with Crippen LogP contribution in [0.2, 0.25) is 18.1 Å². The Kier molecular flexibility index (Phi) is 3.92. The topological polar surface area (TPSA) is 57.5 Å². The van der Waals surface area contributed by atoms with Crippen molar-refractivity contribution in [3.05, 3.63) is 0 Å². The van der Waals surface area contributed by atoms with Crippen LogP contribution in [0, 0.1) is 5.92 Å². The first-order valence-corrected chi connectivity index (χ1v) is 8.03. The molecule has 4 heteroatoms. The van der Waals surface area contributed by atoms with Crippen molar-refractivity contribution in [2.45, 2.75) is 51.6 Å². The molecule has 0 bridgehead atoms. The fourth-order valence-corrected chi connectivity index (χ4v) is 4.22. The lowest BCUT2D eigenvalue weighted by molar-refractivity contribution is -0.143. The Hall–Kier alpha value is -0.353. The van der Waals surface area contributed by atoms with Gasteiger partial charge in [0.2, 0.25) is 0 Å². The summed E-state index contributed by atoms with van der Waals surface area (Å²) < 4.78 is 0. The van der Waals surface area contributed by atoms with E-state index in [1.54, 1.807) is 0 Å². The van der Waals surface area contributed by atoms with Crippen molar-refractivity contribution in [2.75, 3.05) is 0 Å². The predicted molar refractivity (Wildman–Crippen MR) is 60.0 cm³/mol. The van der Waals surface area contributed by atoms with Crippen LogP contribution in [0.3, 0.4) is 0 Å². The largest absolute Gasteiger partial charge is 0.480 e. The first-order valence-electron chi connectivity index (χ1n) is 4.96. The minimum absolute atomic E-state index is 0.0925. The highest BCUT2D eigenvalue weighted by Crippen LogP contribution is 2.45. The van der Waals surface area contributed by atoms with Gasteiger partial charge in [-0.3, -0.25) is 0 Å². The minimum Gasteiger partial charge on any atom is -0.480 e. The van der Waals surface area contributed by atoms with Gasteiger partial charge in [-0.05, 0) is 11.0 Å². The second-order valence-corrected chi connectivity index (χ2v) is 10.6. The highest BCUT2D eigenvalue weighted by atomic mass is 28.3. The van der Waals surface area contributed by atoms with Gasteiger partial charge in [-0.25, -0.2) is 4.79 Å². The average Bonchev–Trinajstić information content (AvgIpc) is 2.01. The molecule has 0 spiro atoms. The van der Waals surface area contributed by atoms with E-state index in [0.29, 0.717) is 5.92 Å². The second-order valence-electron chi connectivity index (χ2n) is 5.34. The minimum atomic E-state index is -2.20. The number of hydrogen-bond donors (Lipinski definition) is 2. The van der Waals surface area contributed by atoms with E-state index in [-0.39, 0.29) is 5.04 Å². The van der Waals surface area contributed by atoms with Gasteiger partial charge in [0, 0.05) is 0 Å². The fourth-order valence-electron chi connectivity index (χ4n) is 1.41. The third-order valence-corrected chi connectivity index (χ3v) is 9.53. The van der Waals surface area contributed by atoms with Crippen molar-refractivity contribution in [2.24, 2.45) is 5.92 Å². The molecule has 0 aliphatic carbocycles. The molecular weight excluding hydrogens is 196 g/mol. The zero-order chi connectivity index (χ0) is 11.7. The number of rotatable bonds is 4. The van der Waals surface area contributed by atoms with Gasteiger partial charge in [-0.1, -0.05) is 40.8 Å². The first kappa shape index (κ1) is 13.6. The van der Waals surface area contributed by atoms with Crippen LogP contribution in [-0.2, 0) is 4.79 Å². The lowest BCUT2D eigenvalue weighted by Crippen LogP contribution is -2.55. The molecule has 0 aromatic carbocycles. The number of carbonyl (C=O) groups is 1. The van der Waals surface area contributed by atoms with E-state index >= 15 is 0 Å². The van der Waals surface area contributed by atoms with Gasteiger partial charge in [0.25, 0.3) is 0 Å². The van der Waals surface area contributed by atoms with Crippen molar-refractivity contribution in [1.82, 2.24) is 0 Å². The van der Waals surface area contributed by atoms with Gasteiger partial charge >= 0.3 is 5.97 Å². The molecule has 0 aromatic heterocycles. The Morgan fingerprint density at radius 2 is 1.64 bits per heavy atom. The summed E-state index contributed by atoms with van der Waals surface area (Å²) in [6.45, 7) is 12.1. The summed E-state index contributed by atoms with van der Waals surface area (Å²) in [4.78, 5) is 10.8. The molecular formula is C10H22O3Si. The van der Waals surface area contributed by atoms with E-state index < -0.39 is 19.8 Å². The normalized spacial score (nSPS) is 15.7. The van der Waals surface area contributed by atoms with E-state index in [1.807, 2.05) is 13.1 Å². The summed E-state index contributed by atoms with van der Waals surface area (Å²) >= 11 is 0. The number of carboxylic acid groups (broad SMARTS) is 1. The predicted octanol–water partition coefficient (Wildman–Crippen LogP) is 2.12. The Morgan fingerprint density at radius 3 is 1.86 bits per heavy atom. The summed E-state index contributed by atoms with van der Waals surface area (Å²) in [5, 5.41) is 18.5. The maximum atomic E-state index is 10.8. The Morgan fingerprint density at radius 1 is 1.29 bits per heavy atom. The lowest BCUT2D eigenvalue weighted by atomic mass is 9.99. The highest BCUT2D eigenvalue weighted by Gasteiger charge is 2.49. The summed E-state index contributed by atoms with van der Waals surface area (Å²) in [7, 11) is -2.20. The molecule has 0 radical (unpaired) electrons. The van der Waals surface area contributed by atoms with E-state index in [2.05, 4.69) is 27.7 Å². The van der Waals surface area contributed by atoms with Crippen LogP contribution in [0.5, 0.6) is 0 Å². The summed E-state index contributed by atoms with van der Waals surface area (Å²) in [6, 6.07) is 0. The van der Waals surface area contributed by atoms with Crippen molar-refractivity contribution in [3.8, 4) is 0 Å². The van der Waals surface area contributed by atoms with Gasteiger partial charge in [0.15, 0.2) is 0 Å². The number of hydrogen-bond acceptors (Lipinski definition) is 2. The van der Waals surface area contributed by atoms with Crippen LogP contribution < -0.4 is 0 Å². The molecule has 1 atom stereocenters. The fraction of sp³-hybridized carbons (Fsp3) is 0.900. The van der Waals surface area contributed by atoms with E-state index in [4.69, 9.17) is 5.11 Å². The second kappa shape index (κ2) is 4.02. The van der Waals surface area contributed by atoms with Gasteiger partial charge in [-0.15, -0.1) is 0 Å². The summed E-state index contributed by atoms with van der Waals surface area (Å²) in [5.41, 5.74) is -1.18. The standard InChI is InChI=1S/C10H22O3Si/c1-7(2)10(3,4)14(5,6)9(13)8(11)12/h7,9,13H,1-6H3,(H,11,12). The Balaban J connectivity index is 5.03. The van der Waals surface area contributed by atoms with Crippen LogP contribution in [0.15, 0.2) is 0 Å². The van der Waals surface area contributed by atoms with Crippen molar-refractivity contribution >= 4 is 14.0 Å². The Bertz CT molecular complexity index is 221. The third kappa shape index (κ3) is 2.17. The Labute approximate surface area is 87.2 Å². The molecule has 0 aromatic rings. The lowest BCUT2D eigenvalue weighted by Gasteiger charge is -2.44. The molecule has 84 valence electrons. The zero-order valence-corrected chi connectivity index (χ0v) is 11.0. The van der Waals surface area contributed by atoms with Gasteiger partial charge in [0.05, 0.1) is 0 Å². The monoisotopic (exact) mass is 218 g/mol. The SMILES string of the molecule is CC(C)C(C)(C)[Si](C)(C)C(O)C(=O)O. The highest BCUT2D eigenvalue weighted by molar-refractivity contribution is 6.83. The third-order valence-electron chi connectivity index (χ3n) is 4.02. The molecule has 0 saturated heterocycles.